The van der Waals surface area contributed by atoms with Gasteiger partial charge in [-0.2, -0.15) is 0 Å². The Morgan fingerprint density at radius 2 is 2.21 bits per heavy atom. The van der Waals surface area contributed by atoms with Crippen LogP contribution in [0.4, 0.5) is 5.82 Å². The molecule has 0 unspecified atom stereocenters. The highest BCUT2D eigenvalue weighted by Crippen LogP contribution is 2.33. The first-order valence-corrected chi connectivity index (χ1v) is 8.88. The summed E-state index contributed by atoms with van der Waals surface area (Å²) in [5.41, 5.74) is 0.873. The van der Waals surface area contributed by atoms with Crippen LogP contribution in [0.1, 0.15) is 21.7 Å². The summed E-state index contributed by atoms with van der Waals surface area (Å²) in [5.74, 6) is 0.458. The molecular formula is C16H22N4O3S. The van der Waals surface area contributed by atoms with Gasteiger partial charge in [-0.3, -0.25) is 4.90 Å². The lowest BCUT2D eigenvalue weighted by molar-refractivity contribution is 0.0378. The standard InChI is InChI=1S/C16H22N4O3S/c1-11-12-14(17-4-3-5-20-6-8-23-9-7-20)18-10-19-15(12)24-13(11)16(21)22-2/h10H,3-9H2,1-2H3,(H,17,18,19). The number of carbonyl (C=O) groups excluding carboxylic acids is 1. The van der Waals surface area contributed by atoms with Crippen molar-refractivity contribution < 1.29 is 14.3 Å². The van der Waals surface area contributed by atoms with E-state index in [1.807, 2.05) is 6.92 Å². The molecular weight excluding hydrogens is 328 g/mol. The molecule has 1 aliphatic rings. The Morgan fingerprint density at radius 3 is 2.96 bits per heavy atom. The van der Waals surface area contributed by atoms with Gasteiger partial charge in [0.1, 0.15) is 21.9 Å². The fraction of sp³-hybridized carbons (Fsp3) is 0.562. The van der Waals surface area contributed by atoms with Crippen molar-refractivity contribution in [2.24, 2.45) is 0 Å². The van der Waals surface area contributed by atoms with Gasteiger partial charge >= 0.3 is 5.97 Å². The Balaban J connectivity index is 1.65. The highest BCUT2D eigenvalue weighted by atomic mass is 32.1. The highest BCUT2D eigenvalue weighted by Gasteiger charge is 2.19. The molecule has 0 aliphatic carbocycles. The topological polar surface area (TPSA) is 76.6 Å². The van der Waals surface area contributed by atoms with Crippen LogP contribution in [-0.2, 0) is 9.47 Å². The van der Waals surface area contributed by atoms with Crippen LogP contribution in [0.5, 0.6) is 0 Å². The molecule has 24 heavy (non-hydrogen) atoms. The second-order valence-electron chi connectivity index (χ2n) is 5.68. The van der Waals surface area contributed by atoms with Crippen molar-refractivity contribution in [2.75, 3.05) is 51.8 Å². The van der Waals surface area contributed by atoms with Crippen molar-refractivity contribution in [2.45, 2.75) is 13.3 Å². The number of carbonyl (C=O) groups is 1. The van der Waals surface area contributed by atoms with Crippen molar-refractivity contribution in [3.8, 4) is 0 Å². The third kappa shape index (κ3) is 3.66. The largest absolute Gasteiger partial charge is 0.465 e. The van der Waals surface area contributed by atoms with Crippen LogP contribution in [0.3, 0.4) is 0 Å². The summed E-state index contributed by atoms with van der Waals surface area (Å²) in [4.78, 5) is 24.3. The van der Waals surface area contributed by atoms with E-state index in [2.05, 4.69) is 20.2 Å². The third-order valence-corrected chi connectivity index (χ3v) is 5.32. The van der Waals surface area contributed by atoms with Crippen LogP contribution in [0.25, 0.3) is 10.2 Å². The molecule has 8 heteroatoms. The zero-order chi connectivity index (χ0) is 16.9. The number of esters is 1. The smallest absolute Gasteiger partial charge is 0.348 e. The van der Waals surface area contributed by atoms with E-state index >= 15 is 0 Å². The number of rotatable bonds is 6. The molecule has 0 bridgehead atoms. The minimum atomic E-state index is -0.325. The molecule has 2 aromatic heterocycles. The lowest BCUT2D eigenvalue weighted by atomic mass is 10.2. The predicted octanol–water partition coefficient (Wildman–Crippen LogP) is 1.92. The van der Waals surface area contributed by atoms with Crippen LogP contribution in [0.15, 0.2) is 6.33 Å². The molecule has 1 saturated heterocycles. The lowest BCUT2D eigenvalue weighted by Gasteiger charge is -2.26. The van der Waals surface area contributed by atoms with E-state index in [9.17, 15) is 4.79 Å². The van der Waals surface area contributed by atoms with E-state index in [4.69, 9.17) is 9.47 Å². The first kappa shape index (κ1) is 17.1. The number of ether oxygens (including phenoxy) is 2. The van der Waals surface area contributed by atoms with Gasteiger partial charge in [0.2, 0.25) is 0 Å². The van der Waals surface area contributed by atoms with Crippen LogP contribution in [-0.4, -0.2) is 67.3 Å². The van der Waals surface area contributed by atoms with Gasteiger partial charge in [0.25, 0.3) is 0 Å². The molecule has 3 rings (SSSR count). The number of thiophene rings is 1. The van der Waals surface area contributed by atoms with Crippen molar-refractivity contribution in [1.29, 1.82) is 0 Å². The number of aryl methyl sites for hydroxylation is 1. The lowest BCUT2D eigenvalue weighted by Crippen LogP contribution is -2.37. The molecule has 130 valence electrons. The molecule has 1 aliphatic heterocycles. The first-order chi connectivity index (χ1) is 11.7. The fourth-order valence-electron chi connectivity index (χ4n) is 2.83. The maximum atomic E-state index is 11.9. The van der Waals surface area contributed by atoms with E-state index < -0.39 is 0 Å². The van der Waals surface area contributed by atoms with E-state index in [0.717, 1.165) is 67.4 Å². The Labute approximate surface area is 145 Å². The zero-order valence-corrected chi connectivity index (χ0v) is 14.8. The summed E-state index contributed by atoms with van der Waals surface area (Å²) in [6.45, 7) is 7.43. The zero-order valence-electron chi connectivity index (χ0n) is 14.0. The number of aromatic nitrogens is 2. The maximum Gasteiger partial charge on any atom is 0.348 e. The summed E-state index contributed by atoms with van der Waals surface area (Å²) in [6, 6.07) is 0. The number of hydrogen-bond donors (Lipinski definition) is 1. The molecule has 0 radical (unpaired) electrons. The number of morpholine rings is 1. The Kier molecular flexibility index (Phi) is 5.60. The average Bonchev–Trinajstić information content (AvgIpc) is 2.96. The second kappa shape index (κ2) is 7.87. The van der Waals surface area contributed by atoms with Gasteiger partial charge in [0, 0.05) is 19.6 Å². The first-order valence-electron chi connectivity index (χ1n) is 8.07. The Hall–Kier alpha value is -1.77. The van der Waals surface area contributed by atoms with E-state index in [1.54, 1.807) is 0 Å². The Morgan fingerprint density at radius 1 is 1.42 bits per heavy atom. The molecule has 0 spiro atoms. The highest BCUT2D eigenvalue weighted by molar-refractivity contribution is 7.20. The van der Waals surface area contributed by atoms with Crippen LogP contribution < -0.4 is 5.32 Å². The number of nitrogens with zero attached hydrogens (tertiary/aromatic N) is 3. The molecule has 1 N–H and O–H groups in total. The van der Waals surface area contributed by atoms with Gasteiger partial charge < -0.3 is 14.8 Å². The summed E-state index contributed by atoms with van der Waals surface area (Å²) < 4.78 is 10.2. The maximum absolute atomic E-state index is 11.9. The van der Waals surface area contributed by atoms with Crippen LogP contribution in [0.2, 0.25) is 0 Å². The van der Waals surface area contributed by atoms with E-state index in [-0.39, 0.29) is 5.97 Å². The normalized spacial score (nSPS) is 15.6. The molecule has 0 saturated carbocycles. The number of methoxy groups -OCH3 is 1. The summed E-state index contributed by atoms with van der Waals surface area (Å²) >= 11 is 1.34. The monoisotopic (exact) mass is 350 g/mol. The number of fused-ring (bicyclic) bond motifs is 1. The second-order valence-corrected chi connectivity index (χ2v) is 6.68. The quantitative estimate of drug-likeness (QED) is 0.630. The Bertz CT molecular complexity index is 713. The predicted molar refractivity (Wildman–Crippen MR) is 93.9 cm³/mol. The van der Waals surface area contributed by atoms with Crippen molar-refractivity contribution in [3.05, 3.63) is 16.8 Å². The molecule has 0 atom stereocenters. The number of hydrogen-bond acceptors (Lipinski definition) is 8. The number of nitrogens with one attached hydrogen (secondary N) is 1. The average molecular weight is 350 g/mol. The molecule has 2 aromatic rings. The van der Waals surface area contributed by atoms with Gasteiger partial charge in [-0.05, 0) is 25.5 Å². The van der Waals surface area contributed by atoms with E-state index in [0.29, 0.717) is 4.88 Å². The summed E-state index contributed by atoms with van der Waals surface area (Å²) in [7, 11) is 1.39. The van der Waals surface area contributed by atoms with Gasteiger partial charge in [-0.25, -0.2) is 14.8 Å². The summed E-state index contributed by atoms with van der Waals surface area (Å²) in [6.07, 6.45) is 2.56. The number of anilines is 1. The summed E-state index contributed by atoms with van der Waals surface area (Å²) in [5, 5.41) is 4.30. The molecule has 1 fully saturated rings. The van der Waals surface area contributed by atoms with Gasteiger partial charge in [0.05, 0.1) is 25.7 Å². The van der Waals surface area contributed by atoms with Gasteiger partial charge in [-0.1, -0.05) is 0 Å². The fourth-order valence-corrected chi connectivity index (χ4v) is 3.89. The molecule has 0 aromatic carbocycles. The minimum Gasteiger partial charge on any atom is -0.465 e. The minimum absolute atomic E-state index is 0.325. The molecule has 0 amide bonds. The van der Waals surface area contributed by atoms with Crippen molar-refractivity contribution in [1.82, 2.24) is 14.9 Å². The SMILES string of the molecule is COC(=O)c1sc2ncnc(NCCCN3CCOCC3)c2c1C. The van der Waals surface area contributed by atoms with Crippen molar-refractivity contribution in [3.63, 3.8) is 0 Å². The molecule has 7 nitrogen and oxygen atoms in total. The molecule has 3 heterocycles. The van der Waals surface area contributed by atoms with Crippen molar-refractivity contribution >= 4 is 33.3 Å². The van der Waals surface area contributed by atoms with Gasteiger partial charge in [-0.15, -0.1) is 11.3 Å². The van der Waals surface area contributed by atoms with Crippen LogP contribution in [0, 0.1) is 6.92 Å². The third-order valence-electron chi connectivity index (χ3n) is 4.14. The van der Waals surface area contributed by atoms with Gasteiger partial charge in [0.15, 0.2) is 0 Å². The van der Waals surface area contributed by atoms with Crippen LogP contribution >= 0.6 is 11.3 Å². The van der Waals surface area contributed by atoms with E-state index in [1.165, 1.54) is 24.8 Å².